The maximum absolute atomic E-state index is 13.5. The van der Waals surface area contributed by atoms with Crippen molar-refractivity contribution < 1.29 is 9.59 Å². The molecule has 1 N–H and O–H groups in total. The van der Waals surface area contributed by atoms with Crippen molar-refractivity contribution in [3.05, 3.63) is 58.7 Å². The van der Waals surface area contributed by atoms with Gasteiger partial charge in [0.25, 0.3) is 11.8 Å². The number of H-pyrrole nitrogens is 1. The predicted molar refractivity (Wildman–Crippen MR) is 105 cm³/mol. The Balaban J connectivity index is 1.94. The topological polar surface area (TPSA) is 91.8 Å². The molecule has 3 aromatic rings. The average molecular weight is 375 g/mol. The van der Waals surface area contributed by atoms with Crippen LogP contribution in [0.2, 0.25) is 0 Å². The molecule has 0 atom stereocenters. The van der Waals surface area contributed by atoms with Crippen LogP contribution in [0.4, 0.5) is 5.69 Å². The number of aromatic nitrogens is 4. The summed E-state index contributed by atoms with van der Waals surface area (Å²) in [4.78, 5) is 28.1. The van der Waals surface area contributed by atoms with Crippen molar-refractivity contribution in [3.63, 3.8) is 0 Å². The minimum absolute atomic E-state index is 0.163. The SMILES string of the molecule is CC(C)c1cccc(C(C)C)c1N1C(=O)c2cccc(-c3nnn[nH]3)c2C1=O. The largest absolute Gasteiger partial charge is 0.268 e. The van der Waals surface area contributed by atoms with E-state index >= 15 is 0 Å². The van der Waals surface area contributed by atoms with Gasteiger partial charge in [-0.25, -0.2) is 10.00 Å². The van der Waals surface area contributed by atoms with Crippen LogP contribution in [-0.2, 0) is 0 Å². The number of para-hydroxylation sites is 1. The van der Waals surface area contributed by atoms with E-state index in [2.05, 4.69) is 48.3 Å². The normalized spacial score (nSPS) is 13.7. The Labute approximate surface area is 162 Å². The lowest BCUT2D eigenvalue weighted by Gasteiger charge is -2.25. The highest BCUT2D eigenvalue weighted by Gasteiger charge is 2.41. The van der Waals surface area contributed by atoms with Crippen LogP contribution in [0.5, 0.6) is 0 Å². The zero-order valence-electron chi connectivity index (χ0n) is 16.2. The van der Waals surface area contributed by atoms with E-state index in [-0.39, 0.29) is 23.7 Å². The minimum Gasteiger partial charge on any atom is -0.268 e. The van der Waals surface area contributed by atoms with E-state index in [0.29, 0.717) is 28.2 Å². The van der Waals surface area contributed by atoms with E-state index in [1.54, 1.807) is 18.2 Å². The highest BCUT2D eigenvalue weighted by molar-refractivity contribution is 6.36. The molecule has 2 heterocycles. The predicted octanol–water partition coefficient (Wildman–Crippen LogP) is 3.91. The van der Waals surface area contributed by atoms with Gasteiger partial charge in [-0.3, -0.25) is 9.59 Å². The molecule has 28 heavy (non-hydrogen) atoms. The number of amides is 2. The zero-order chi connectivity index (χ0) is 20.0. The van der Waals surface area contributed by atoms with Gasteiger partial charge in [-0.2, -0.15) is 0 Å². The number of fused-ring (bicyclic) bond motifs is 1. The van der Waals surface area contributed by atoms with Crippen LogP contribution < -0.4 is 4.90 Å². The van der Waals surface area contributed by atoms with E-state index in [4.69, 9.17) is 0 Å². The summed E-state index contributed by atoms with van der Waals surface area (Å²) in [7, 11) is 0. The van der Waals surface area contributed by atoms with E-state index in [1.807, 2.05) is 18.2 Å². The molecule has 0 spiro atoms. The molecule has 0 fully saturated rings. The third-order valence-corrected chi connectivity index (χ3v) is 5.08. The van der Waals surface area contributed by atoms with Crippen LogP contribution in [0.25, 0.3) is 11.4 Å². The molecule has 0 saturated heterocycles. The number of hydrogen-bond acceptors (Lipinski definition) is 5. The Morgan fingerprint density at radius 3 is 2.04 bits per heavy atom. The van der Waals surface area contributed by atoms with E-state index < -0.39 is 0 Å². The molecular formula is C21H21N5O2. The van der Waals surface area contributed by atoms with Gasteiger partial charge in [-0.15, -0.1) is 5.10 Å². The minimum atomic E-state index is -0.345. The van der Waals surface area contributed by atoms with Gasteiger partial charge in [-0.1, -0.05) is 58.0 Å². The van der Waals surface area contributed by atoms with Crippen LogP contribution in [0.1, 0.15) is 71.4 Å². The third kappa shape index (κ3) is 2.62. The molecule has 1 aliphatic rings. The molecule has 1 aromatic heterocycles. The number of nitrogens with one attached hydrogen (secondary N) is 1. The number of carbonyl (C=O) groups excluding carboxylic acids is 2. The summed E-state index contributed by atoms with van der Waals surface area (Å²) in [5, 5.41) is 13.8. The first-order chi connectivity index (χ1) is 13.4. The summed E-state index contributed by atoms with van der Waals surface area (Å²) < 4.78 is 0. The molecule has 142 valence electrons. The Bertz CT molecular complexity index is 1040. The number of tetrazole rings is 1. The molecule has 2 aromatic carbocycles. The summed E-state index contributed by atoms with van der Waals surface area (Å²) in [5.74, 6) is 0.0271. The summed E-state index contributed by atoms with van der Waals surface area (Å²) in [6.45, 7) is 8.25. The van der Waals surface area contributed by atoms with E-state index in [0.717, 1.165) is 11.1 Å². The fourth-order valence-corrected chi connectivity index (χ4v) is 3.73. The number of hydrogen-bond donors (Lipinski definition) is 1. The maximum atomic E-state index is 13.5. The number of aromatic amines is 1. The fourth-order valence-electron chi connectivity index (χ4n) is 3.73. The van der Waals surface area contributed by atoms with Crippen LogP contribution in [0, 0.1) is 0 Å². The Hall–Kier alpha value is -3.35. The first-order valence-electron chi connectivity index (χ1n) is 9.30. The molecule has 0 radical (unpaired) electrons. The van der Waals surface area contributed by atoms with Gasteiger partial charge in [0.2, 0.25) is 0 Å². The molecular weight excluding hydrogens is 354 g/mol. The summed E-state index contributed by atoms with van der Waals surface area (Å²) in [6, 6.07) is 11.1. The van der Waals surface area contributed by atoms with Crippen LogP contribution >= 0.6 is 0 Å². The number of benzene rings is 2. The zero-order valence-corrected chi connectivity index (χ0v) is 16.2. The summed E-state index contributed by atoms with van der Waals surface area (Å²) >= 11 is 0. The molecule has 0 unspecified atom stereocenters. The molecule has 7 heteroatoms. The summed E-state index contributed by atoms with van der Waals surface area (Å²) in [6.07, 6.45) is 0. The Morgan fingerprint density at radius 2 is 1.46 bits per heavy atom. The van der Waals surface area contributed by atoms with Gasteiger partial charge in [0.15, 0.2) is 5.82 Å². The lowest BCUT2D eigenvalue weighted by molar-refractivity contribution is 0.0925. The van der Waals surface area contributed by atoms with Crippen molar-refractivity contribution in [2.45, 2.75) is 39.5 Å². The number of rotatable bonds is 4. The number of carbonyl (C=O) groups is 2. The summed E-state index contributed by atoms with van der Waals surface area (Å²) in [5.41, 5.74) is 3.87. The van der Waals surface area contributed by atoms with Gasteiger partial charge in [-0.05, 0) is 39.5 Å². The van der Waals surface area contributed by atoms with E-state index in [9.17, 15) is 9.59 Å². The molecule has 1 aliphatic heterocycles. The molecule has 4 rings (SSSR count). The Morgan fingerprint density at radius 1 is 0.857 bits per heavy atom. The average Bonchev–Trinajstić information content (AvgIpc) is 3.29. The lowest BCUT2D eigenvalue weighted by atomic mass is 9.92. The molecule has 0 aliphatic carbocycles. The fraction of sp³-hybridized carbons (Fsp3) is 0.286. The van der Waals surface area contributed by atoms with Gasteiger partial charge in [0.05, 0.1) is 16.8 Å². The standard InChI is InChI=1S/C21H21N5O2/c1-11(2)13-7-5-8-14(12(3)4)18(13)26-20(27)16-10-6-9-15(17(16)21(26)28)19-22-24-25-23-19/h5-12H,1-4H3,(H,22,23,24,25). The molecule has 0 saturated carbocycles. The van der Waals surface area contributed by atoms with Crippen molar-refractivity contribution in [2.24, 2.45) is 0 Å². The molecule has 0 bridgehead atoms. The molecule has 7 nitrogen and oxygen atoms in total. The second kappa shape index (κ2) is 6.67. The van der Waals surface area contributed by atoms with Crippen molar-refractivity contribution in [3.8, 4) is 11.4 Å². The number of anilines is 1. The number of nitrogens with zero attached hydrogens (tertiary/aromatic N) is 4. The smallest absolute Gasteiger partial charge is 0.266 e. The second-order valence-corrected chi connectivity index (χ2v) is 7.52. The second-order valence-electron chi connectivity index (χ2n) is 7.52. The maximum Gasteiger partial charge on any atom is 0.266 e. The Kier molecular flexibility index (Phi) is 4.30. The monoisotopic (exact) mass is 375 g/mol. The van der Waals surface area contributed by atoms with Gasteiger partial charge < -0.3 is 0 Å². The van der Waals surface area contributed by atoms with Crippen molar-refractivity contribution in [1.82, 2.24) is 20.6 Å². The molecule has 2 amide bonds. The first-order valence-corrected chi connectivity index (χ1v) is 9.30. The highest BCUT2D eigenvalue weighted by atomic mass is 16.2. The quantitative estimate of drug-likeness (QED) is 0.698. The van der Waals surface area contributed by atoms with Crippen molar-refractivity contribution in [2.75, 3.05) is 4.90 Å². The van der Waals surface area contributed by atoms with Gasteiger partial charge in [0, 0.05) is 5.56 Å². The van der Waals surface area contributed by atoms with Crippen LogP contribution in [0.15, 0.2) is 36.4 Å². The van der Waals surface area contributed by atoms with Crippen LogP contribution in [-0.4, -0.2) is 32.4 Å². The third-order valence-electron chi connectivity index (χ3n) is 5.08. The lowest BCUT2D eigenvalue weighted by Crippen LogP contribution is -2.32. The first kappa shape index (κ1) is 18.0. The van der Waals surface area contributed by atoms with Gasteiger partial charge >= 0.3 is 0 Å². The van der Waals surface area contributed by atoms with Crippen molar-refractivity contribution in [1.29, 1.82) is 0 Å². The van der Waals surface area contributed by atoms with Crippen LogP contribution in [0.3, 0.4) is 0 Å². The number of imide groups is 1. The highest BCUT2D eigenvalue weighted by Crippen LogP contribution is 2.41. The van der Waals surface area contributed by atoms with Crippen molar-refractivity contribution >= 4 is 17.5 Å². The van der Waals surface area contributed by atoms with E-state index in [1.165, 1.54) is 4.90 Å². The van der Waals surface area contributed by atoms with Gasteiger partial charge in [0.1, 0.15) is 0 Å².